The standard InChI is InChI=1S/C9H9Cl.C8H8F2NO3PS.C2H6/c10-9-5-4-7-2-1-3-8(7)6-9;9-8(10,15)16(13,14)6-3-1-5(2-4-6)7(11)12;1-2/h4-6H,1-3H2;1-4H,15H2,(H2,11,12);1-2H3. The largest absolute Gasteiger partial charge is 0.366 e. The summed E-state index contributed by atoms with van der Waals surface area (Å²) in [5, 5.41) is 0.876. The fourth-order valence-corrected chi connectivity index (χ4v) is 3.91. The third-order valence-corrected chi connectivity index (χ3v) is 6.64. The minimum absolute atomic E-state index is 0.0472. The maximum atomic E-state index is 12.7. The Morgan fingerprint density at radius 2 is 1.61 bits per heavy atom. The molecular weight excluding hydrogens is 427 g/mol. The number of fused-ring (bicyclic) bond motifs is 1. The molecule has 2 aromatic carbocycles. The number of amides is 1. The molecule has 0 aliphatic heterocycles. The molecule has 9 heteroatoms. The molecule has 2 aromatic rings. The van der Waals surface area contributed by atoms with Crippen LogP contribution in [0.15, 0.2) is 47.4 Å². The number of rotatable bonds is 3. The average Bonchev–Trinajstić information content (AvgIpc) is 3.10. The maximum Gasteiger partial charge on any atom is 0.359 e. The van der Waals surface area contributed by atoms with Crippen LogP contribution >= 0.6 is 20.8 Å². The van der Waals surface area contributed by atoms with Gasteiger partial charge in [0.2, 0.25) is 15.7 Å². The molecule has 0 aromatic heterocycles. The summed E-state index contributed by atoms with van der Waals surface area (Å²) in [5.41, 5.74) is 7.91. The number of nitrogens with two attached hydrogens (primary N) is 1. The zero-order valence-corrected chi connectivity index (χ0v) is 18.3. The summed E-state index contributed by atoms with van der Waals surface area (Å²) in [6.45, 7) is 4.00. The van der Waals surface area contributed by atoms with Crippen molar-refractivity contribution in [2.45, 2.75) is 43.0 Å². The molecule has 3 rings (SSSR count). The molecule has 1 unspecified atom stereocenters. The van der Waals surface area contributed by atoms with Crippen LogP contribution in [0.4, 0.5) is 8.78 Å². The SMILES string of the molecule is CC.Clc1ccc2c(c1)CCC2.NC(=O)c1ccc(S(=O)(=O)C(F)(F)P)cc1. The van der Waals surface area contributed by atoms with E-state index in [1.807, 2.05) is 19.9 Å². The summed E-state index contributed by atoms with van der Waals surface area (Å²) in [6, 6.07) is 10.2. The highest BCUT2D eigenvalue weighted by Gasteiger charge is 2.40. The molecule has 0 saturated heterocycles. The second kappa shape index (κ2) is 10.3. The Bertz CT molecular complexity index is 914. The predicted molar refractivity (Wildman–Crippen MR) is 112 cm³/mol. The van der Waals surface area contributed by atoms with E-state index in [1.54, 1.807) is 0 Å². The van der Waals surface area contributed by atoms with Crippen LogP contribution in [-0.4, -0.2) is 19.3 Å². The van der Waals surface area contributed by atoms with E-state index in [4.69, 9.17) is 17.3 Å². The molecule has 28 heavy (non-hydrogen) atoms. The van der Waals surface area contributed by atoms with Crippen LogP contribution in [0.2, 0.25) is 5.02 Å². The molecule has 2 N–H and O–H groups in total. The second-order valence-electron chi connectivity index (χ2n) is 5.72. The van der Waals surface area contributed by atoms with E-state index in [2.05, 4.69) is 12.1 Å². The number of hydrogen-bond acceptors (Lipinski definition) is 3. The van der Waals surface area contributed by atoms with E-state index in [-0.39, 0.29) is 5.56 Å². The summed E-state index contributed by atoms with van der Waals surface area (Å²) >= 11 is 5.82. The Hall–Kier alpha value is -1.56. The fraction of sp³-hybridized carbons (Fsp3) is 0.316. The smallest absolute Gasteiger partial charge is 0.359 e. The number of benzene rings is 2. The molecule has 1 atom stereocenters. The van der Waals surface area contributed by atoms with Crippen molar-refractivity contribution in [3.8, 4) is 0 Å². The monoisotopic (exact) mass is 449 g/mol. The van der Waals surface area contributed by atoms with Crippen molar-refractivity contribution >= 4 is 36.6 Å². The number of carbonyl (C=O) groups excluding carboxylic acids is 1. The summed E-state index contributed by atoms with van der Waals surface area (Å²) in [6.07, 6.45) is 3.76. The third-order valence-electron chi connectivity index (χ3n) is 3.87. The molecule has 0 bridgehead atoms. The van der Waals surface area contributed by atoms with Gasteiger partial charge in [0.05, 0.1) is 4.90 Å². The van der Waals surface area contributed by atoms with Gasteiger partial charge in [-0.3, -0.25) is 4.79 Å². The topological polar surface area (TPSA) is 77.2 Å². The number of hydrogen-bond donors (Lipinski definition) is 1. The van der Waals surface area contributed by atoms with Gasteiger partial charge in [-0.25, -0.2) is 8.42 Å². The van der Waals surface area contributed by atoms with Gasteiger partial charge in [0.15, 0.2) is 0 Å². The molecule has 1 aliphatic rings. The molecule has 1 aliphatic carbocycles. The van der Waals surface area contributed by atoms with Gasteiger partial charge in [-0.1, -0.05) is 31.5 Å². The van der Waals surface area contributed by atoms with Crippen molar-refractivity contribution < 1.29 is 22.0 Å². The van der Waals surface area contributed by atoms with Gasteiger partial charge < -0.3 is 5.73 Å². The molecule has 0 radical (unpaired) electrons. The third kappa shape index (κ3) is 6.23. The Kier molecular flexibility index (Phi) is 8.99. The van der Waals surface area contributed by atoms with Gasteiger partial charge >= 0.3 is 5.00 Å². The minimum atomic E-state index is -4.74. The Morgan fingerprint density at radius 3 is 2.11 bits per heavy atom. The molecule has 0 saturated carbocycles. The quantitative estimate of drug-likeness (QED) is 0.681. The number of primary amides is 1. The average molecular weight is 450 g/mol. The van der Waals surface area contributed by atoms with Crippen LogP contribution in [0, 0.1) is 0 Å². The first kappa shape index (κ1) is 24.5. The highest BCUT2D eigenvalue weighted by atomic mass is 35.5. The predicted octanol–water partition coefficient (Wildman–Crippen LogP) is 4.84. The van der Waals surface area contributed by atoms with Crippen molar-refractivity contribution in [3.05, 3.63) is 64.2 Å². The van der Waals surface area contributed by atoms with Gasteiger partial charge in [-0.05, 0) is 76.0 Å². The first-order chi connectivity index (χ1) is 13.0. The number of carbonyl (C=O) groups is 1. The minimum Gasteiger partial charge on any atom is -0.366 e. The molecule has 4 nitrogen and oxygen atoms in total. The van der Waals surface area contributed by atoms with Crippen LogP contribution in [0.1, 0.15) is 41.8 Å². The molecule has 1 amide bonds. The van der Waals surface area contributed by atoms with Crippen LogP contribution < -0.4 is 5.73 Å². The van der Waals surface area contributed by atoms with E-state index in [0.717, 1.165) is 38.5 Å². The van der Waals surface area contributed by atoms with E-state index in [9.17, 15) is 22.0 Å². The molecule has 0 heterocycles. The summed E-state index contributed by atoms with van der Waals surface area (Å²) in [4.78, 5) is 6.16. The summed E-state index contributed by atoms with van der Waals surface area (Å²) in [5.74, 6) is -0.762. The number of aryl methyl sites for hydroxylation is 2. The van der Waals surface area contributed by atoms with Crippen molar-refractivity contribution in [2.24, 2.45) is 5.73 Å². The van der Waals surface area contributed by atoms with Gasteiger partial charge in [0, 0.05) is 10.6 Å². The molecule has 0 spiro atoms. The highest BCUT2D eigenvalue weighted by Crippen LogP contribution is 2.34. The van der Waals surface area contributed by atoms with Gasteiger partial charge in [0.25, 0.3) is 0 Å². The van der Waals surface area contributed by atoms with E-state index in [0.29, 0.717) is 0 Å². The van der Waals surface area contributed by atoms with Gasteiger partial charge in [-0.15, -0.1) is 0 Å². The molecular formula is C19H23ClF2NO3PS. The normalized spacial score (nSPS) is 12.8. The van der Waals surface area contributed by atoms with Gasteiger partial charge in [0.1, 0.15) is 0 Å². The van der Waals surface area contributed by atoms with Crippen LogP contribution in [0.5, 0.6) is 0 Å². The Balaban J connectivity index is 0.000000278. The van der Waals surface area contributed by atoms with Crippen molar-refractivity contribution in [1.82, 2.24) is 0 Å². The summed E-state index contributed by atoms with van der Waals surface area (Å²) in [7, 11) is -3.79. The summed E-state index contributed by atoms with van der Waals surface area (Å²) < 4.78 is 48.0. The zero-order chi connectivity index (χ0) is 21.5. The van der Waals surface area contributed by atoms with Crippen molar-refractivity contribution in [3.63, 3.8) is 0 Å². The van der Waals surface area contributed by atoms with E-state index < -0.39 is 25.6 Å². The Labute approximate surface area is 171 Å². The van der Waals surface area contributed by atoms with E-state index >= 15 is 0 Å². The molecule has 154 valence electrons. The maximum absolute atomic E-state index is 12.7. The lowest BCUT2D eigenvalue weighted by Crippen LogP contribution is -2.21. The van der Waals surface area contributed by atoms with Crippen LogP contribution in [0.25, 0.3) is 0 Å². The molecule has 0 fully saturated rings. The van der Waals surface area contributed by atoms with Crippen LogP contribution in [0.3, 0.4) is 0 Å². The fourth-order valence-electron chi connectivity index (χ4n) is 2.50. The lowest BCUT2D eigenvalue weighted by molar-refractivity contribution is 0.1000. The number of halogens is 3. The van der Waals surface area contributed by atoms with Crippen molar-refractivity contribution in [1.29, 1.82) is 0 Å². The van der Waals surface area contributed by atoms with Gasteiger partial charge in [-0.2, -0.15) is 8.78 Å². The van der Waals surface area contributed by atoms with E-state index in [1.165, 1.54) is 30.4 Å². The first-order valence-electron chi connectivity index (χ1n) is 8.61. The van der Waals surface area contributed by atoms with Crippen LogP contribution in [-0.2, 0) is 22.7 Å². The van der Waals surface area contributed by atoms with Crippen molar-refractivity contribution in [2.75, 3.05) is 0 Å². The number of alkyl halides is 2. The highest BCUT2D eigenvalue weighted by molar-refractivity contribution is 7.96. The lowest BCUT2D eigenvalue weighted by atomic mass is 10.1. The zero-order valence-electron chi connectivity index (χ0n) is 15.6. The first-order valence-corrected chi connectivity index (χ1v) is 11.0. The Morgan fingerprint density at radius 1 is 1.07 bits per heavy atom. The number of sulfone groups is 1. The second-order valence-corrected chi connectivity index (χ2v) is 9.32. The lowest BCUT2D eigenvalue weighted by Gasteiger charge is -2.11.